The smallest absolute Gasteiger partial charge is 0.0782 e. The lowest BCUT2D eigenvalue weighted by Gasteiger charge is -2.57. The second-order valence-electron chi connectivity index (χ2n) is 18.7. The third kappa shape index (κ3) is 5.15. The highest BCUT2D eigenvalue weighted by Crippen LogP contribution is 2.61. The molecule has 1 heterocycles. The van der Waals surface area contributed by atoms with Crippen molar-refractivity contribution in [2.24, 2.45) is 17.8 Å². The van der Waals surface area contributed by atoms with Gasteiger partial charge in [0.1, 0.15) is 0 Å². The number of fused-ring (bicyclic) bond motifs is 6. The van der Waals surface area contributed by atoms with Gasteiger partial charge < -0.3 is 9.47 Å². The minimum Gasteiger partial charge on any atom is -0.308 e. The van der Waals surface area contributed by atoms with Gasteiger partial charge in [-0.25, -0.2) is 0 Å². The molecule has 14 rings (SSSR count). The molecule has 1 aromatic heterocycles. The number of rotatable bonds is 7. The number of para-hydroxylation sites is 3. The Morgan fingerprint density at radius 2 is 1.00 bits per heavy atom. The molecule has 0 atom stereocenters. The zero-order valence-electron chi connectivity index (χ0n) is 34.4. The van der Waals surface area contributed by atoms with Crippen LogP contribution in [0.5, 0.6) is 0 Å². The molecule has 5 aliphatic carbocycles. The van der Waals surface area contributed by atoms with Gasteiger partial charge in [0.15, 0.2) is 0 Å². The van der Waals surface area contributed by atoms with E-state index in [1.54, 1.807) is 5.56 Å². The van der Waals surface area contributed by atoms with Gasteiger partial charge in [-0.1, -0.05) is 152 Å². The Labute approximate surface area is 358 Å². The van der Waals surface area contributed by atoms with Gasteiger partial charge in [0.2, 0.25) is 0 Å². The maximum Gasteiger partial charge on any atom is 0.0782 e. The Morgan fingerprint density at radius 1 is 0.426 bits per heavy atom. The lowest BCUT2D eigenvalue weighted by Crippen LogP contribution is -2.48. The predicted molar refractivity (Wildman–Crippen MR) is 253 cm³/mol. The van der Waals surface area contributed by atoms with Crippen LogP contribution >= 0.6 is 0 Å². The van der Waals surface area contributed by atoms with Crippen LogP contribution < -0.4 is 4.90 Å². The van der Waals surface area contributed by atoms with Crippen LogP contribution in [0.1, 0.15) is 66.3 Å². The van der Waals surface area contributed by atoms with Crippen LogP contribution in [0.3, 0.4) is 0 Å². The zero-order valence-corrected chi connectivity index (χ0v) is 34.4. The summed E-state index contributed by atoms with van der Waals surface area (Å²) in [4.78, 5) is 2.51. The van der Waals surface area contributed by atoms with E-state index in [0.717, 1.165) is 34.8 Å². The molecular formula is C59H48N2. The van der Waals surface area contributed by atoms with Crippen molar-refractivity contribution < 1.29 is 0 Å². The number of nitrogens with zero attached hydrogens (tertiary/aromatic N) is 2. The number of aromatic nitrogens is 1. The standard InChI is InChI=1S/C59H48N2/c1-4-15-44(16-5-1)59(45-17-6-2-7-18-45)53-24-12-10-21-49(53)50-32-31-48(36-54(50)59)60(46-19-8-3-9-20-46)56-26-14-23-52-51-22-11-13-25-55(51)61(57(52)56)47-29-27-43(28-30-47)58-37-40-33-41(38-58)35-42(34-40)39-58/h1-32,36,40-42H,33-35,37-39H2. The van der Waals surface area contributed by atoms with Crippen molar-refractivity contribution in [2.75, 3.05) is 4.90 Å². The van der Waals surface area contributed by atoms with Gasteiger partial charge in [-0.3, -0.25) is 0 Å². The number of benzene rings is 8. The highest BCUT2D eigenvalue weighted by Gasteiger charge is 2.51. The van der Waals surface area contributed by atoms with Crippen molar-refractivity contribution in [3.8, 4) is 16.8 Å². The average Bonchev–Trinajstić information content (AvgIpc) is 3.81. The summed E-state index contributed by atoms with van der Waals surface area (Å²) in [5.41, 5.74) is 16.3. The fourth-order valence-electron chi connectivity index (χ4n) is 13.5. The first kappa shape index (κ1) is 35.1. The van der Waals surface area contributed by atoms with Gasteiger partial charge in [0.05, 0.1) is 22.1 Å². The largest absolute Gasteiger partial charge is 0.308 e. The average molecular weight is 785 g/mol. The van der Waals surface area contributed by atoms with Gasteiger partial charge in [-0.05, 0) is 149 Å². The van der Waals surface area contributed by atoms with E-state index in [1.807, 2.05) is 0 Å². The summed E-state index contributed by atoms with van der Waals surface area (Å²) in [5.74, 6) is 2.77. The van der Waals surface area contributed by atoms with E-state index in [0.29, 0.717) is 5.41 Å². The summed E-state index contributed by atoms with van der Waals surface area (Å²) >= 11 is 0. The van der Waals surface area contributed by atoms with Crippen LogP contribution in [0.15, 0.2) is 200 Å². The molecule has 2 heteroatoms. The van der Waals surface area contributed by atoms with Crippen LogP contribution in [0.4, 0.5) is 17.1 Å². The molecule has 9 aromatic rings. The Balaban J connectivity index is 1.04. The summed E-state index contributed by atoms with van der Waals surface area (Å²) in [6, 6.07) is 75.3. The zero-order chi connectivity index (χ0) is 40.1. The van der Waals surface area contributed by atoms with Crippen LogP contribution in [0, 0.1) is 17.8 Å². The summed E-state index contributed by atoms with van der Waals surface area (Å²) in [6.45, 7) is 0. The highest BCUT2D eigenvalue weighted by molar-refractivity contribution is 6.14. The fraction of sp³-hybridized carbons (Fsp3) is 0.186. The molecule has 0 spiro atoms. The van der Waals surface area contributed by atoms with Crippen molar-refractivity contribution >= 4 is 38.9 Å². The van der Waals surface area contributed by atoms with E-state index < -0.39 is 5.41 Å². The van der Waals surface area contributed by atoms with E-state index in [2.05, 4.69) is 210 Å². The predicted octanol–water partition coefficient (Wildman–Crippen LogP) is 15.1. The Morgan fingerprint density at radius 3 is 1.69 bits per heavy atom. The third-order valence-corrected chi connectivity index (χ3v) is 15.4. The molecule has 0 aliphatic heterocycles. The molecular weight excluding hydrogens is 737 g/mol. The maximum atomic E-state index is 2.54. The molecule has 8 aromatic carbocycles. The lowest BCUT2D eigenvalue weighted by molar-refractivity contribution is -0.00518. The van der Waals surface area contributed by atoms with E-state index in [1.165, 1.54) is 99.4 Å². The monoisotopic (exact) mass is 784 g/mol. The van der Waals surface area contributed by atoms with Crippen molar-refractivity contribution in [2.45, 2.75) is 49.4 Å². The summed E-state index contributed by atoms with van der Waals surface area (Å²) in [6.07, 6.45) is 8.55. The molecule has 0 unspecified atom stereocenters. The second kappa shape index (κ2) is 13.4. The quantitative estimate of drug-likeness (QED) is 0.156. The van der Waals surface area contributed by atoms with E-state index in [4.69, 9.17) is 0 Å². The second-order valence-corrected chi connectivity index (χ2v) is 18.7. The SMILES string of the molecule is c1ccc(N(c2ccc3c(c2)C(c2ccccc2)(c2ccccc2)c2ccccc2-3)c2cccc3c4ccccc4n(-c4ccc(C56CC7CC(CC(C7)C5)C6)cc4)c23)cc1. The summed E-state index contributed by atoms with van der Waals surface area (Å²) < 4.78 is 2.54. The Bertz CT molecular complexity index is 3030. The molecule has 0 radical (unpaired) electrons. The maximum absolute atomic E-state index is 2.54. The van der Waals surface area contributed by atoms with E-state index >= 15 is 0 Å². The van der Waals surface area contributed by atoms with Crippen molar-refractivity contribution in [1.29, 1.82) is 0 Å². The van der Waals surface area contributed by atoms with E-state index in [-0.39, 0.29) is 0 Å². The third-order valence-electron chi connectivity index (χ3n) is 15.4. The Hall–Kier alpha value is -6.64. The van der Waals surface area contributed by atoms with Crippen LogP contribution in [0.25, 0.3) is 38.6 Å². The number of anilines is 3. The summed E-state index contributed by atoms with van der Waals surface area (Å²) in [5, 5.41) is 2.53. The molecule has 4 bridgehead atoms. The van der Waals surface area contributed by atoms with Crippen molar-refractivity contribution in [3.05, 3.63) is 228 Å². The van der Waals surface area contributed by atoms with Crippen molar-refractivity contribution in [1.82, 2.24) is 4.57 Å². The molecule has 0 saturated heterocycles. The first-order chi connectivity index (χ1) is 30.2. The van der Waals surface area contributed by atoms with Crippen LogP contribution in [0.2, 0.25) is 0 Å². The molecule has 0 amide bonds. The van der Waals surface area contributed by atoms with Gasteiger partial charge in [-0.2, -0.15) is 0 Å². The molecule has 294 valence electrons. The van der Waals surface area contributed by atoms with Crippen molar-refractivity contribution in [3.63, 3.8) is 0 Å². The van der Waals surface area contributed by atoms with Gasteiger partial charge in [0.25, 0.3) is 0 Å². The summed E-state index contributed by atoms with van der Waals surface area (Å²) in [7, 11) is 0. The van der Waals surface area contributed by atoms with Crippen LogP contribution in [-0.4, -0.2) is 4.57 Å². The van der Waals surface area contributed by atoms with Gasteiger partial charge in [-0.15, -0.1) is 0 Å². The topological polar surface area (TPSA) is 8.17 Å². The minimum absolute atomic E-state index is 0.366. The molecule has 4 fully saturated rings. The molecule has 5 aliphatic rings. The number of hydrogen-bond donors (Lipinski definition) is 0. The molecule has 0 N–H and O–H groups in total. The fourth-order valence-corrected chi connectivity index (χ4v) is 13.5. The molecule has 2 nitrogen and oxygen atoms in total. The van der Waals surface area contributed by atoms with E-state index in [9.17, 15) is 0 Å². The lowest BCUT2D eigenvalue weighted by atomic mass is 9.48. The number of hydrogen-bond acceptors (Lipinski definition) is 1. The minimum atomic E-state index is -0.494. The van der Waals surface area contributed by atoms with Gasteiger partial charge in [0, 0.05) is 27.8 Å². The first-order valence-electron chi connectivity index (χ1n) is 22.5. The molecule has 61 heavy (non-hydrogen) atoms. The van der Waals surface area contributed by atoms with Crippen LogP contribution in [-0.2, 0) is 10.8 Å². The molecule has 4 saturated carbocycles. The first-order valence-corrected chi connectivity index (χ1v) is 22.5. The van der Waals surface area contributed by atoms with Gasteiger partial charge >= 0.3 is 0 Å². The normalized spacial score (nSPS) is 21.7. The highest BCUT2D eigenvalue weighted by atomic mass is 15.2. The Kier molecular flexibility index (Phi) is 7.74.